The Bertz CT molecular complexity index is 902. The van der Waals surface area contributed by atoms with E-state index in [-0.39, 0.29) is 11.7 Å². The summed E-state index contributed by atoms with van der Waals surface area (Å²) >= 11 is 6.15. The number of nitrogens with zero attached hydrogens (tertiary/aromatic N) is 3. The van der Waals surface area contributed by atoms with Crippen LogP contribution in [0, 0.1) is 17.7 Å². The summed E-state index contributed by atoms with van der Waals surface area (Å²) in [6.45, 7) is 2.60. The lowest BCUT2D eigenvalue weighted by Crippen LogP contribution is -2.64. The van der Waals surface area contributed by atoms with Crippen molar-refractivity contribution in [1.29, 1.82) is 0 Å². The van der Waals surface area contributed by atoms with Crippen LogP contribution in [0.2, 0.25) is 5.02 Å². The minimum absolute atomic E-state index is 0.0593. The van der Waals surface area contributed by atoms with Gasteiger partial charge in [-0.3, -0.25) is 14.8 Å². The molecule has 3 fully saturated rings. The number of H-pyrrole nitrogens is 1. The fourth-order valence-corrected chi connectivity index (χ4v) is 6.01. The first kappa shape index (κ1) is 19.1. The maximum absolute atomic E-state index is 13.8. The van der Waals surface area contributed by atoms with Crippen molar-refractivity contribution in [1.82, 2.24) is 20.0 Å². The number of fused-ring (bicyclic) bond motifs is 4. The number of aromatic nitrogens is 2. The fourth-order valence-electron chi connectivity index (χ4n) is 5.84. The van der Waals surface area contributed by atoms with Crippen LogP contribution in [0.15, 0.2) is 30.5 Å². The minimum atomic E-state index is -0.180. The Morgan fingerprint density at radius 2 is 2.14 bits per heavy atom. The zero-order valence-electron chi connectivity index (χ0n) is 16.4. The Morgan fingerprint density at radius 3 is 2.93 bits per heavy atom. The molecular weight excluding hydrogens is 391 g/mol. The molecule has 1 amide bonds. The second kappa shape index (κ2) is 7.73. The summed E-state index contributed by atoms with van der Waals surface area (Å²) in [7, 11) is 0. The highest BCUT2D eigenvalue weighted by Gasteiger charge is 2.48. The van der Waals surface area contributed by atoms with Crippen molar-refractivity contribution in [3.05, 3.63) is 52.6 Å². The van der Waals surface area contributed by atoms with Crippen LogP contribution in [-0.2, 0) is 6.42 Å². The molecule has 1 N–H and O–H groups in total. The summed E-state index contributed by atoms with van der Waals surface area (Å²) in [6.07, 6.45) is 7.11. The van der Waals surface area contributed by atoms with Gasteiger partial charge >= 0.3 is 0 Å². The Labute approximate surface area is 175 Å². The number of likely N-dealkylation sites (tertiary alicyclic amines) is 1. The van der Waals surface area contributed by atoms with Gasteiger partial charge < -0.3 is 4.90 Å². The monoisotopic (exact) mass is 416 g/mol. The van der Waals surface area contributed by atoms with E-state index in [4.69, 9.17) is 11.6 Å². The molecule has 5 rings (SSSR count). The summed E-state index contributed by atoms with van der Waals surface area (Å²) in [5.74, 6) is 0.636. The van der Waals surface area contributed by atoms with E-state index >= 15 is 0 Å². The van der Waals surface area contributed by atoms with E-state index in [0.29, 0.717) is 41.2 Å². The van der Waals surface area contributed by atoms with E-state index in [1.54, 1.807) is 12.1 Å². The predicted octanol–water partition coefficient (Wildman–Crippen LogP) is 3.76. The Morgan fingerprint density at radius 1 is 1.28 bits per heavy atom. The van der Waals surface area contributed by atoms with Gasteiger partial charge in [0, 0.05) is 25.2 Å². The van der Waals surface area contributed by atoms with Crippen LogP contribution < -0.4 is 0 Å². The largest absolute Gasteiger partial charge is 0.337 e. The van der Waals surface area contributed by atoms with Gasteiger partial charge in [0.2, 0.25) is 0 Å². The lowest BCUT2D eigenvalue weighted by molar-refractivity contribution is -0.0643. The SMILES string of the molecule is O=C(c1[nH]ncc1Cl)N1C[C@H]2C[C@@H](C1)[C@H](Cc1cccc(F)c1)N1CCCC[C@@H]21. The number of carbonyl (C=O) groups excluding carboxylic acids is 1. The smallest absolute Gasteiger partial charge is 0.273 e. The number of carbonyl (C=O) groups is 1. The molecule has 0 saturated carbocycles. The molecule has 0 spiro atoms. The predicted molar refractivity (Wildman–Crippen MR) is 109 cm³/mol. The first-order valence-electron chi connectivity index (χ1n) is 10.6. The normalized spacial score (nSPS) is 29.5. The Kier molecular flexibility index (Phi) is 5.08. The average molecular weight is 417 g/mol. The van der Waals surface area contributed by atoms with Gasteiger partial charge in [-0.15, -0.1) is 0 Å². The second-order valence-electron chi connectivity index (χ2n) is 8.76. The van der Waals surface area contributed by atoms with Crippen LogP contribution in [0.4, 0.5) is 4.39 Å². The van der Waals surface area contributed by atoms with Crippen molar-refractivity contribution >= 4 is 17.5 Å². The molecule has 2 aromatic rings. The van der Waals surface area contributed by atoms with Crippen LogP contribution >= 0.6 is 11.6 Å². The van der Waals surface area contributed by atoms with Gasteiger partial charge in [-0.25, -0.2) is 4.39 Å². The van der Waals surface area contributed by atoms with Gasteiger partial charge in [0.25, 0.3) is 5.91 Å². The quantitative estimate of drug-likeness (QED) is 0.828. The molecule has 5 nitrogen and oxygen atoms in total. The number of rotatable bonds is 3. The zero-order valence-corrected chi connectivity index (χ0v) is 17.1. The summed E-state index contributed by atoms with van der Waals surface area (Å²) in [4.78, 5) is 17.7. The molecule has 0 unspecified atom stereocenters. The highest BCUT2D eigenvalue weighted by molar-refractivity contribution is 6.33. The molecule has 0 aliphatic carbocycles. The lowest BCUT2D eigenvalue weighted by atomic mass is 9.71. The molecule has 3 saturated heterocycles. The van der Waals surface area contributed by atoms with Crippen LogP contribution in [0.5, 0.6) is 0 Å². The van der Waals surface area contributed by atoms with E-state index in [1.807, 2.05) is 11.0 Å². The van der Waals surface area contributed by atoms with Gasteiger partial charge in [0.1, 0.15) is 11.5 Å². The van der Waals surface area contributed by atoms with Crippen molar-refractivity contribution in [2.75, 3.05) is 19.6 Å². The van der Waals surface area contributed by atoms with E-state index in [1.165, 1.54) is 31.5 Å². The fraction of sp³-hybridized carbons (Fsp3) is 0.545. The van der Waals surface area contributed by atoms with Gasteiger partial charge in [-0.2, -0.15) is 5.10 Å². The Hall–Kier alpha value is -1.92. The number of nitrogens with one attached hydrogen (secondary N) is 1. The number of hydrogen-bond acceptors (Lipinski definition) is 3. The highest BCUT2D eigenvalue weighted by Crippen LogP contribution is 2.42. The van der Waals surface area contributed by atoms with Crippen molar-refractivity contribution < 1.29 is 9.18 Å². The first-order chi connectivity index (χ1) is 14.1. The van der Waals surface area contributed by atoms with Gasteiger partial charge in [-0.05, 0) is 61.8 Å². The topological polar surface area (TPSA) is 52.2 Å². The van der Waals surface area contributed by atoms with E-state index in [2.05, 4.69) is 15.1 Å². The second-order valence-corrected chi connectivity index (χ2v) is 9.17. The van der Waals surface area contributed by atoms with Crippen LogP contribution in [-0.4, -0.2) is 57.6 Å². The number of aromatic amines is 1. The molecule has 154 valence electrons. The average Bonchev–Trinajstić information content (AvgIpc) is 3.16. The first-order valence-corrected chi connectivity index (χ1v) is 11.0. The van der Waals surface area contributed by atoms with Crippen LogP contribution in [0.25, 0.3) is 0 Å². The van der Waals surface area contributed by atoms with Crippen LogP contribution in [0.3, 0.4) is 0 Å². The van der Waals surface area contributed by atoms with Crippen LogP contribution in [0.1, 0.15) is 41.7 Å². The molecule has 7 heteroatoms. The van der Waals surface area contributed by atoms with Gasteiger partial charge in [0.05, 0.1) is 11.2 Å². The molecule has 1 aromatic heterocycles. The molecule has 4 atom stereocenters. The Balaban J connectivity index is 1.42. The molecule has 0 radical (unpaired) electrons. The molecule has 2 bridgehead atoms. The van der Waals surface area contributed by atoms with Crippen molar-refractivity contribution in [3.63, 3.8) is 0 Å². The number of benzene rings is 1. The van der Waals surface area contributed by atoms with E-state index in [0.717, 1.165) is 31.5 Å². The third-order valence-electron chi connectivity index (χ3n) is 7.05. The van der Waals surface area contributed by atoms with E-state index < -0.39 is 0 Å². The zero-order chi connectivity index (χ0) is 20.0. The third kappa shape index (κ3) is 3.57. The number of piperidine rings is 3. The lowest BCUT2D eigenvalue weighted by Gasteiger charge is -2.57. The van der Waals surface area contributed by atoms with Crippen molar-refractivity contribution in [3.8, 4) is 0 Å². The highest BCUT2D eigenvalue weighted by atomic mass is 35.5. The molecule has 3 aliphatic rings. The minimum Gasteiger partial charge on any atom is -0.337 e. The number of hydrogen-bond donors (Lipinski definition) is 1. The van der Waals surface area contributed by atoms with Gasteiger partial charge in [0.15, 0.2) is 0 Å². The summed E-state index contributed by atoms with van der Waals surface area (Å²) in [5.41, 5.74) is 1.42. The standard InChI is InChI=1S/C22H26ClFN4O/c23-18-11-25-26-21(18)22(29)27-12-15-10-16(13-27)20(28-7-2-1-6-19(15)28)9-14-4-3-5-17(24)8-14/h3-5,8,11,15-16,19-20H,1-2,6-7,9-10,12-13H2,(H,25,26)/t15-,16+,19+,20+/m1/s1. The number of halogens is 2. The van der Waals surface area contributed by atoms with Crippen molar-refractivity contribution in [2.24, 2.45) is 11.8 Å². The molecule has 1 aromatic carbocycles. The molecular formula is C22H26ClFN4O. The summed E-state index contributed by atoms with van der Waals surface area (Å²) in [6, 6.07) is 7.81. The van der Waals surface area contributed by atoms with Gasteiger partial charge in [-0.1, -0.05) is 30.2 Å². The maximum atomic E-state index is 13.8. The number of amides is 1. The summed E-state index contributed by atoms with van der Waals surface area (Å²) in [5, 5.41) is 7.04. The summed E-state index contributed by atoms with van der Waals surface area (Å²) < 4.78 is 13.8. The molecule has 3 aliphatic heterocycles. The van der Waals surface area contributed by atoms with E-state index in [9.17, 15) is 9.18 Å². The molecule has 29 heavy (non-hydrogen) atoms. The van der Waals surface area contributed by atoms with Crippen molar-refractivity contribution in [2.45, 2.75) is 44.2 Å². The maximum Gasteiger partial charge on any atom is 0.273 e. The third-order valence-corrected chi connectivity index (χ3v) is 7.34. The molecule has 4 heterocycles.